The number of hydrogen-bond donors (Lipinski definition) is 1. The van der Waals surface area contributed by atoms with Crippen LogP contribution in [0.5, 0.6) is 0 Å². The van der Waals surface area contributed by atoms with E-state index in [-0.39, 0.29) is 30.0 Å². The first-order valence-electron chi connectivity index (χ1n) is 11.6. The number of hydrogen-bond acceptors (Lipinski definition) is 4. The maximum Gasteiger partial charge on any atom is 0.308 e. The molecule has 4 nitrogen and oxygen atoms in total. The molecular formula is C25H40O4. The van der Waals surface area contributed by atoms with E-state index in [1.807, 2.05) is 0 Å². The Kier molecular flexibility index (Phi) is 7.27. The number of carbonyl (C=O) groups excluding carboxylic acids is 1. The Bertz CT molecular complexity index is 635. The average molecular weight is 405 g/mol. The molecule has 1 aliphatic heterocycles. The van der Waals surface area contributed by atoms with Gasteiger partial charge in [0.15, 0.2) is 0 Å². The van der Waals surface area contributed by atoms with Crippen molar-refractivity contribution < 1.29 is 19.4 Å². The Morgan fingerprint density at radius 2 is 2.00 bits per heavy atom. The van der Waals surface area contributed by atoms with Gasteiger partial charge in [0.2, 0.25) is 0 Å². The highest BCUT2D eigenvalue weighted by atomic mass is 16.5. The number of rotatable bonds is 7. The molecule has 7 atom stereocenters. The van der Waals surface area contributed by atoms with E-state index in [1.165, 1.54) is 5.57 Å². The second-order valence-electron chi connectivity index (χ2n) is 10.4. The van der Waals surface area contributed by atoms with E-state index in [0.29, 0.717) is 30.1 Å². The first kappa shape index (κ1) is 22.6. The van der Waals surface area contributed by atoms with Gasteiger partial charge in [0.1, 0.15) is 6.10 Å². The molecule has 0 amide bonds. The van der Waals surface area contributed by atoms with Crippen LogP contribution in [0.1, 0.15) is 73.1 Å². The normalized spacial score (nSPS) is 37.7. The van der Waals surface area contributed by atoms with Crippen LogP contribution in [-0.2, 0) is 14.3 Å². The molecule has 1 N–H and O–H groups in total. The molecule has 0 spiro atoms. The van der Waals surface area contributed by atoms with Crippen LogP contribution >= 0.6 is 0 Å². The van der Waals surface area contributed by atoms with E-state index >= 15 is 0 Å². The highest BCUT2D eigenvalue weighted by Crippen LogP contribution is 2.45. The van der Waals surface area contributed by atoms with Crippen molar-refractivity contribution >= 4 is 5.97 Å². The Hall–Kier alpha value is -1.13. The van der Waals surface area contributed by atoms with E-state index in [9.17, 15) is 9.90 Å². The zero-order valence-electron chi connectivity index (χ0n) is 18.9. The van der Waals surface area contributed by atoms with Gasteiger partial charge < -0.3 is 14.6 Å². The summed E-state index contributed by atoms with van der Waals surface area (Å²) in [7, 11) is 0. The van der Waals surface area contributed by atoms with Crippen LogP contribution in [0, 0.1) is 29.1 Å². The molecule has 2 aliphatic carbocycles. The third-order valence-corrected chi connectivity index (χ3v) is 7.30. The number of carbonyl (C=O) groups is 1. The number of esters is 1. The van der Waals surface area contributed by atoms with Crippen molar-refractivity contribution in [3.63, 3.8) is 0 Å². The molecule has 3 unspecified atom stereocenters. The molecular weight excluding hydrogens is 364 g/mol. The van der Waals surface area contributed by atoms with Crippen LogP contribution in [-0.4, -0.2) is 36.0 Å². The van der Waals surface area contributed by atoms with Crippen molar-refractivity contribution in [1.29, 1.82) is 0 Å². The van der Waals surface area contributed by atoms with Crippen LogP contribution in [0.4, 0.5) is 0 Å². The molecule has 0 bridgehead atoms. The molecule has 1 heterocycles. The van der Waals surface area contributed by atoms with Gasteiger partial charge in [0, 0.05) is 12.3 Å². The molecule has 164 valence electrons. The van der Waals surface area contributed by atoms with Gasteiger partial charge in [-0.05, 0) is 54.4 Å². The summed E-state index contributed by atoms with van der Waals surface area (Å²) in [5, 5.41) is 9.93. The fourth-order valence-electron chi connectivity index (χ4n) is 5.12. The van der Waals surface area contributed by atoms with Gasteiger partial charge in [0.25, 0.3) is 0 Å². The Morgan fingerprint density at radius 1 is 1.24 bits per heavy atom. The third-order valence-electron chi connectivity index (χ3n) is 7.30. The number of fused-ring (bicyclic) bond motifs is 1. The zero-order valence-corrected chi connectivity index (χ0v) is 18.9. The SMILES string of the molecule is CCC(C)(C)COC1C[C@@H](C)C=C2C=C[C@H](C)[C@H](CCC3C[C@@H](O)CC(=O)O3)C21. The Labute approximate surface area is 176 Å². The van der Waals surface area contributed by atoms with E-state index in [1.54, 1.807) is 0 Å². The smallest absolute Gasteiger partial charge is 0.308 e. The first-order valence-corrected chi connectivity index (χ1v) is 11.6. The van der Waals surface area contributed by atoms with Gasteiger partial charge in [-0.2, -0.15) is 0 Å². The van der Waals surface area contributed by atoms with Crippen molar-refractivity contribution in [2.45, 2.75) is 91.5 Å². The molecule has 0 aromatic heterocycles. The van der Waals surface area contributed by atoms with E-state index in [4.69, 9.17) is 9.47 Å². The fraction of sp³-hybridized carbons (Fsp3) is 0.800. The number of aliphatic hydroxyl groups is 1. The summed E-state index contributed by atoms with van der Waals surface area (Å²) in [5.41, 5.74) is 1.62. The summed E-state index contributed by atoms with van der Waals surface area (Å²) in [4.78, 5) is 11.7. The largest absolute Gasteiger partial charge is 0.462 e. The number of allylic oxidation sites excluding steroid dienone is 3. The Balaban J connectivity index is 1.72. The maximum absolute atomic E-state index is 11.7. The van der Waals surface area contributed by atoms with Crippen LogP contribution in [0.15, 0.2) is 23.8 Å². The molecule has 3 aliphatic rings. The summed E-state index contributed by atoms with van der Waals surface area (Å²) >= 11 is 0. The molecule has 1 fully saturated rings. The molecule has 1 saturated heterocycles. The standard InChI is InChI=1S/C25H40O4/c1-6-25(4,5)15-28-22-12-16(2)11-18-8-7-17(3)21(24(18)22)10-9-20-13-19(26)14-23(27)29-20/h7-8,11,16-17,19-22,24,26H,6,9-10,12-15H2,1-5H3/t16-,17-,19+,20?,21-,22?,24?/m0/s1. The van der Waals surface area contributed by atoms with Gasteiger partial charge in [-0.1, -0.05) is 52.8 Å². The molecule has 3 rings (SSSR count). The highest BCUT2D eigenvalue weighted by Gasteiger charge is 2.41. The number of cyclic esters (lactones) is 1. The zero-order chi connectivity index (χ0) is 21.2. The minimum atomic E-state index is -0.553. The maximum atomic E-state index is 11.7. The van der Waals surface area contributed by atoms with Gasteiger partial charge >= 0.3 is 5.97 Å². The monoisotopic (exact) mass is 404 g/mol. The predicted octanol–water partition coefficient (Wildman–Crippen LogP) is 5.06. The summed E-state index contributed by atoms with van der Waals surface area (Å²) in [6.07, 6.45) is 11.3. The van der Waals surface area contributed by atoms with Crippen LogP contribution in [0.2, 0.25) is 0 Å². The van der Waals surface area contributed by atoms with Crippen LogP contribution in [0.3, 0.4) is 0 Å². The molecule has 4 heteroatoms. The quantitative estimate of drug-likeness (QED) is 0.603. The van der Waals surface area contributed by atoms with E-state index in [0.717, 1.165) is 32.3 Å². The summed E-state index contributed by atoms with van der Waals surface area (Å²) in [5.74, 6) is 1.62. The minimum Gasteiger partial charge on any atom is -0.462 e. The fourth-order valence-corrected chi connectivity index (χ4v) is 5.12. The van der Waals surface area contributed by atoms with E-state index < -0.39 is 6.10 Å². The topological polar surface area (TPSA) is 55.8 Å². The lowest BCUT2D eigenvalue weighted by atomic mass is 9.65. The van der Waals surface area contributed by atoms with Gasteiger partial charge in [-0.15, -0.1) is 0 Å². The van der Waals surface area contributed by atoms with Crippen molar-refractivity contribution in [3.05, 3.63) is 23.8 Å². The summed E-state index contributed by atoms with van der Waals surface area (Å²) in [6.45, 7) is 12.2. The molecule has 0 aromatic carbocycles. The van der Waals surface area contributed by atoms with Crippen LogP contribution in [0.25, 0.3) is 0 Å². The van der Waals surface area contributed by atoms with Crippen molar-refractivity contribution in [2.75, 3.05) is 6.61 Å². The first-order chi connectivity index (χ1) is 13.7. The number of ether oxygens (including phenoxy) is 2. The van der Waals surface area contributed by atoms with Gasteiger partial charge in [0.05, 0.1) is 25.2 Å². The van der Waals surface area contributed by atoms with Crippen LogP contribution < -0.4 is 0 Å². The Morgan fingerprint density at radius 3 is 2.69 bits per heavy atom. The molecule has 0 radical (unpaired) electrons. The van der Waals surface area contributed by atoms with Gasteiger partial charge in [-0.3, -0.25) is 4.79 Å². The molecule has 29 heavy (non-hydrogen) atoms. The average Bonchev–Trinajstić information content (AvgIpc) is 2.65. The second-order valence-corrected chi connectivity index (χ2v) is 10.4. The third kappa shape index (κ3) is 5.73. The predicted molar refractivity (Wildman–Crippen MR) is 115 cm³/mol. The second kappa shape index (κ2) is 9.34. The van der Waals surface area contributed by atoms with Crippen molar-refractivity contribution in [2.24, 2.45) is 29.1 Å². The number of aliphatic hydroxyl groups excluding tert-OH is 1. The lowest BCUT2D eigenvalue weighted by Gasteiger charge is -2.44. The van der Waals surface area contributed by atoms with Crippen molar-refractivity contribution in [3.8, 4) is 0 Å². The van der Waals surface area contributed by atoms with Gasteiger partial charge in [-0.25, -0.2) is 0 Å². The lowest BCUT2D eigenvalue weighted by Crippen LogP contribution is -2.41. The molecule has 0 aromatic rings. The lowest BCUT2D eigenvalue weighted by molar-refractivity contribution is -0.160. The summed E-state index contributed by atoms with van der Waals surface area (Å²) in [6, 6.07) is 0. The minimum absolute atomic E-state index is 0.135. The van der Waals surface area contributed by atoms with Crippen molar-refractivity contribution in [1.82, 2.24) is 0 Å². The highest BCUT2D eigenvalue weighted by molar-refractivity contribution is 5.70. The summed E-state index contributed by atoms with van der Waals surface area (Å²) < 4.78 is 12.1. The molecule has 0 saturated carbocycles. The van der Waals surface area contributed by atoms with E-state index in [2.05, 4.69) is 52.8 Å².